The van der Waals surface area contributed by atoms with Crippen molar-refractivity contribution in [3.05, 3.63) is 58.7 Å². The fourth-order valence-corrected chi connectivity index (χ4v) is 2.64. The Hall–Kier alpha value is -2.62. The van der Waals surface area contributed by atoms with Gasteiger partial charge in [-0.25, -0.2) is 0 Å². The number of hydrogen-bond donors (Lipinski definition) is 2. The molecule has 0 fully saturated rings. The van der Waals surface area contributed by atoms with Gasteiger partial charge in [0.25, 0.3) is 0 Å². The first kappa shape index (κ1) is 13.4. The molecule has 0 heterocycles. The summed E-state index contributed by atoms with van der Waals surface area (Å²) in [7, 11) is 0. The van der Waals surface area contributed by atoms with E-state index in [0.717, 1.165) is 6.42 Å². The summed E-state index contributed by atoms with van der Waals surface area (Å²) in [4.78, 5) is 25.3. The third-order valence-corrected chi connectivity index (χ3v) is 3.68. The Kier molecular flexibility index (Phi) is 3.22. The minimum absolute atomic E-state index is 0.125. The standard InChI is InChI=1S/C17H16N2O2/c1-2-9-19-15-13(18)8-7-12-14(15)17(21)11-6-4-3-5-10(11)16(12)20/h3-8,19H,2,9,18H2,1H3. The maximum Gasteiger partial charge on any atom is 0.196 e. The van der Waals surface area contributed by atoms with Crippen LogP contribution in [0.25, 0.3) is 0 Å². The van der Waals surface area contributed by atoms with E-state index >= 15 is 0 Å². The van der Waals surface area contributed by atoms with E-state index in [-0.39, 0.29) is 11.6 Å². The topological polar surface area (TPSA) is 72.2 Å². The van der Waals surface area contributed by atoms with E-state index in [4.69, 9.17) is 5.73 Å². The van der Waals surface area contributed by atoms with Crippen molar-refractivity contribution in [3.8, 4) is 0 Å². The van der Waals surface area contributed by atoms with E-state index in [1.54, 1.807) is 36.4 Å². The molecule has 21 heavy (non-hydrogen) atoms. The largest absolute Gasteiger partial charge is 0.397 e. The molecule has 2 aromatic carbocycles. The van der Waals surface area contributed by atoms with Gasteiger partial charge in [0.15, 0.2) is 11.6 Å². The first-order valence-electron chi connectivity index (χ1n) is 7.00. The minimum atomic E-state index is -0.147. The van der Waals surface area contributed by atoms with E-state index in [2.05, 4.69) is 5.32 Å². The van der Waals surface area contributed by atoms with E-state index in [1.807, 2.05) is 6.92 Å². The highest BCUT2D eigenvalue weighted by Gasteiger charge is 2.32. The molecule has 0 radical (unpaired) electrons. The Morgan fingerprint density at radius 1 is 0.952 bits per heavy atom. The van der Waals surface area contributed by atoms with Crippen LogP contribution in [0.1, 0.15) is 45.2 Å². The molecule has 0 saturated heterocycles. The fraction of sp³-hybridized carbons (Fsp3) is 0.176. The molecular formula is C17H16N2O2. The minimum Gasteiger partial charge on any atom is -0.397 e. The Morgan fingerprint density at radius 2 is 1.62 bits per heavy atom. The Bertz CT molecular complexity index is 750. The molecule has 4 nitrogen and oxygen atoms in total. The zero-order valence-corrected chi connectivity index (χ0v) is 11.8. The van der Waals surface area contributed by atoms with Crippen LogP contribution < -0.4 is 11.1 Å². The lowest BCUT2D eigenvalue weighted by Crippen LogP contribution is -2.23. The zero-order valence-electron chi connectivity index (χ0n) is 11.8. The van der Waals surface area contributed by atoms with E-state index in [1.165, 1.54) is 0 Å². The van der Waals surface area contributed by atoms with Crippen LogP contribution in [0.4, 0.5) is 11.4 Å². The molecule has 3 rings (SSSR count). The van der Waals surface area contributed by atoms with Crippen LogP contribution >= 0.6 is 0 Å². The SMILES string of the molecule is CCCNc1c(N)ccc2c1C(=O)c1ccccc1C2=O. The van der Waals surface area contributed by atoms with Crippen molar-refractivity contribution in [1.29, 1.82) is 0 Å². The Labute approximate surface area is 123 Å². The van der Waals surface area contributed by atoms with Crippen molar-refractivity contribution in [2.75, 3.05) is 17.6 Å². The summed E-state index contributed by atoms with van der Waals surface area (Å²) in [5.41, 5.74) is 8.77. The monoisotopic (exact) mass is 280 g/mol. The average molecular weight is 280 g/mol. The molecule has 0 amide bonds. The highest BCUT2D eigenvalue weighted by Crippen LogP contribution is 2.35. The predicted molar refractivity (Wildman–Crippen MR) is 82.9 cm³/mol. The van der Waals surface area contributed by atoms with Gasteiger partial charge in [-0.05, 0) is 18.6 Å². The van der Waals surface area contributed by atoms with Gasteiger partial charge >= 0.3 is 0 Å². The van der Waals surface area contributed by atoms with E-state index in [0.29, 0.717) is 40.2 Å². The summed E-state index contributed by atoms with van der Waals surface area (Å²) < 4.78 is 0. The molecule has 0 aliphatic heterocycles. The maximum absolute atomic E-state index is 12.7. The quantitative estimate of drug-likeness (QED) is 0.724. The molecule has 0 bridgehead atoms. The average Bonchev–Trinajstić information content (AvgIpc) is 2.51. The predicted octanol–water partition coefficient (Wildman–Crippen LogP) is 2.87. The number of anilines is 2. The summed E-state index contributed by atoms with van der Waals surface area (Å²) in [5, 5.41) is 3.17. The molecule has 0 unspecified atom stereocenters. The second-order valence-corrected chi connectivity index (χ2v) is 5.08. The Balaban J connectivity index is 2.23. The number of carbonyl (C=O) groups excluding carboxylic acids is 2. The van der Waals surface area contributed by atoms with E-state index < -0.39 is 0 Å². The molecule has 0 spiro atoms. The van der Waals surface area contributed by atoms with E-state index in [9.17, 15) is 9.59 Å². The maximum atomic E-state index is 12.7. The van der Waals surface area contributed by atoms with Gasteiger partial charge in [0.2, 0.25) is 0 Å². The van der Waals surface area contributed by atoms with Crippen LogP contribution in [-0.2, 0) is 0 Å². The molecule has 2 aromatic rings. The number of nitrogen functional groups attached to an aromatic ring is 1. The molecule has 1 aliphatic rings. The molecule has 3 N–H and O–H groups in total. The summed E-state index contributed by atoms with van der Waals surface area (Å²) >= 11 is 0. The van der Waals surface area contributed by atoms with Gasteiger partial charge in [-0.2, -0.15) is 0 Å². The van der Waals surface area contributed by atoms with Crippen LogP contribution in [-0.4, -0.2) is 18.1 Å². The highest BCUT2D eigenvalue weighted by molar-refractivity contribution is 6.30. The number of hydrogen-bond acceptors (Lipinski definition) is 4. The number of fused-ring (bicyclic) bond motifs is 2. The summed E-state index contributed by atoms with van der Waals surface area (Å²) in [6.07, 6.45) is 0.905. The lowest BCUT2D eigenvalue weighted by atomic mass is 9.83. The Morgan fingerprint density at radius 3 is 2.29 bits per heavy atom. The van der Waals surface area contributed by atoms with Crippen LogP contribution in [0.2, 0.25) is 0 Å². The first-order chi connectivity index (χ1) is 10.1. The van der Waals surface area contributed by atoms with Gasteiger partial charge in [0.05, 0.1) is 16.9 Å². The van der Waals surface area contributed by atoms with Crippen LogP contribution in [0.5, 0.6) is 0 Å². The number of ketones is 2. The number of nitrogens with one attached hydrogen (secondary N) is 1. The van der Waals surface area contributed by atoms with Crippen molar-refractivity contribution in [2.45, 2.75) is 13.3 Å². The number of nitrogens with two attached hydrogens (primary N) is 1. The van der Waals surface area contributed by atoms with Crippen LogP contribution in [0.3, 0.4) is 0 Å². The highest BCUT2D eigenvalue weighted by atomic mass is 16.1. The summed E-state index contributed by atoms with van der Waals surface area (Å²) in [6.45, 7) is 2.73. The summed E-state index contributed by atoms with van der Waals surface area (Å²) in [6, 6.07) is 10.2. The molecule has 4 heteroatoms. The van der Waals surface area contributed by atoms with Gasteiger partial charge in [0, 0.05) is 23.2 Å². The van der Waals surface area contributed by atoms with Crippen molar-refractivity contribution >= 4 is 22.9 Å². The van der Waals surface area contributed by atoms with Gasteiger partial charge in [-0.1, -0.05) is 31.2 Å². The van der Waals surface area contributed by atoms with Gasteiger partial charge in [0.1, 0.15) is 0 Å². The van der Waals surface area contributed by atoms with Crippen LogP contribution in [0.15, 0.2) is 36.4 Å². The summed E-state index contributed by atoms with van der Waals surface area (Å²) in [5.74, 6) is -0.272. The van der Waals surface area contributed by atoms with Crippen LogP contribution in [0, 0.1) is 0 Å². The van der Waals surface area contributed by atoms with Crippen molar-refractivity contribution in [1.82, 2.24) is 0 Å². The fourth-order valence-electron chi connectivity index (χ4n) is 2.64. The third kappa shape index (κ3) is 2.00. The number of carbonyl (C=O) groups is 2. The molecule has 0 atom stereocenters. The lowest BCUT2D eigenvalue weighted by molar-refractivity contribution is 0.0979. The van der Waals surface area contributed by atoms with Crippen molar-refractivity contribution < 1.29 is 9.59 Å². The molecular weight excluding hydrogens is 264 g/mol. The smallest absolute Gasteiger partial charge is 0.196 e. The van der Waals surface area contributed by atoms with Crippen molar-refractivity contribution in [3.63, 3.8) is 0 Å². The first-order valence-corrected chi connectivity index (χ1v) is 7.00. The lowest BCUT2D eigenvalue weighted by Gasteiger charge is -2.21. The zero-order chi connectivity index (χ0) is 15.0. The third-order valence-electron chi connectivity index (χ3n) is 3.68. The van der Waals surface area contributed by atoms with Gasteiger partial charge in [-0.15, -0.1) is 0 Å². The molecule has 0 saturated carbocycles. The molecule has 0 aromatic heterocycles. The van der Waals surface area contributed by atoms with Gasteiger partial charge < -0.3 is 11.1 Å². The molecule has 106 valence electrons. The second kappa shape index (κ2) is 5.05. The second-order valence-electron chi connectivity index (χ2n) is 5.08. The molecule has 1 aliphatic carbocycles. The number of rotatable bonds is 3. The normalized spacial score (nSPS) is 12.8. The number of benzene rings is 2. The van der Waals surface area contributed by atoms with Gasteiger partial charge in [-0.3, -0.25) is 9.59 Å². The van der Waals surface area contributed by atoms with Crippen molar-refractivity contribution in [2.24, 2.45) is 0 Å².